The first-order valence-corrected chi connectivity index (χ1v) is 2.91. The van der Waals surface area contributed by atoms with Gasteiger partial charge in [0.15, 0.2) is 0 Å². The van der Waals surface area contributed by atoms with E-state index in [9.17, 15) is 4.79 Å². The zero-order valence-electron chi connectivity index (χ0n) is 5.68. The fraction of sp³-hybridized carbons (Fsp3) is 0.429. The van der Waals surface area contributed by atoms with Crippen LogP contribution >= 0.6 is 0 Å². The van der Waals surface area contributed by atoms with Crippen LogP contribution in [0.15, 0.2) is 17.1 Å². The maximum absolute atomic E-state index is 10.6. The van der Waals surface area contributed by atoms with E-state index in [0.717, 1.165) is 12.8 Å². The summed E-state index contributed by atoms with van der Waals surface area (Å²) in [4.78, 5) is 13.8. The maximum Gasteiger partial charge on any atom is 0.271 e. The van der Waals surface area contributed by atoms with Crippen molar-refractivity contribution in [1.29, 1.82) is 0 Å². The van der Waals surface area contributed by atoms with E-state index in [1.807, 2.05) is 6.92 Å². The standard InChI is InChI=1S/C7H11NO/c1-4-5-6(2)7(9)8-3/h2-5H2,1H3. The van der Waals surface area contributed by atoms with Gasteiger partial charge in [0.2, 0.25) is 0 Å². The molecule has 0 aliphatic rings. The highest BCUT2D eigenvalue weighted by molar-refractivity contribution is 5.95. The maximum atomic E-state index is 10.6. The molecule has 2 nitrogen and oxygen atoms in total. The molecule has 0 saturated carbocycles. The minimum atomic E-state index is -0.281. The summed E-state index contributed by atoms with van der Waals surface area (Å²) in [5.74, 6) is -0.281. The Morgan fingerprint density at radius 3 is 2.56 bits per heavy atom. The quantitative estimate of drug-likeness (QED) is 0.416. The van der Waals surface area contributed by atoms with Crippen LogP contribution in [-0.4, -0.2) is 12.6 Å². The molecule has 0 aromatic carbocycles. The molecule has 1 amide bonds. The predicted molar refractivity (Wildman–Crippen MR) is 38.6 cm³/mol. The smallest absolute Gasteiger partial charge is 0.267 e. The topological polar surface area (TPSA) is 29.4 Å². The number of aliphatic imine (C=N–C) groups is 1. The Kier molecular flexibility index (Phi) is 3.60. The highest BCUT2D eigenvalue weighted by atomic mass is 16.1. The fourth-order valence-electron chi connectivity index (χ4n) is 0.521. The van der Waals surface area contributed by atoms with E-state index in [0.29, 0.717) is 5.57 Å². The third kappa shape index (κ3) is 2.80. The molecule has 0 aliphatic heterocycles. The average molecular weight is 125 g/mol. The van der Waals surface area contributed by atoms with Crippen LogP contribution in [0.4, 0.5) is 0 Å². The SMILES string of the molecule is C=NC(=O)C(=C)CCC. The minimum Gasteiger partial charge on any atom is -0.267 e. The molecule has 0 aliphatic carbocycles. The molecular weight excluding hydrogens is 114 g/mol. The molecule has 0 atom stereocenters. The predicted octanol–water partition coefficient (Wildman–Crippen LogP) is 1.57. The van der Waals surface area contributed by atoms with E-state index in [2.05, 4.69) is 18.3 Å². The first kappa shape index (κ1) is 8.08. The van der Waals surface area contributed by atoms with E-state index in [1.165, 1.54) is 0 Å². The van der Waals surface area contributed by atoms with E-state index in [4.69, 9.17) is 0 Å². The second kappa shape index (κ2) is 4.01. The van der Waals surface area contributed by atoms with Crippen LogP contribution in [0.1, 0.15) is 19.8 Å². The lowest BCUT2D eigenvalue weighted by Gasteiger charge is -1.93. The van der Waals surface area contributed by atoms with Crippen molar-refractivity contribution in [3.05, 3.63) is 12.2 Å². The highest BCUT2D eigenvalue weighted by Crippen LogP contribution is 2.02. The van der Waals surface area contributed by atoms with Crippen molar-refractivity contribution < 1.29 is 4.79 Å². The van der Waals surface area contributed by atoms with Gasteiger partial charge in [-0.25, -0.2) is 4.99 Å². The third-order valence-electron chi connectivity index (χ3n) is 0.998. The lowest BCUT2D eigenvalue weighted by molar-refractivity contribution is -0.114. The van der Waals surface area contributed by atoms with Gasteiger partial charge in [0, 0.05) is 5.57 Å². The van der Waals surface area contributed by atoms with Crippen LogP contribution in [-0.2, 0) is 4.79 Å². The molecule has 0 heterocycles. The van der Waals surface area contributed by atoms with Crippen molar-refractivity contribution in [2.75, 3.05) is 0 Å². The molecule has 0 N–H and O–H groups in total. The van der Waals surface area contributed by atoms with Gasteiger partial charge in [0.1, 0.15) is 0 Å². The van der Waals surface area contributed by atoms with Crippen LogP contribution in [0.2, 0.25) is 0 Å². The Morgan fingerprint density at radius 2 is 2.22 bits per heavy atom. The molecule has 0 radical (unpaired) electrons. The largest absolute Gasteiger partial charge is 0.271 e. The molecule has 0 spiro atoms. The fourth-order valence-corrected chi connectivity index (χ4v) is 0.521. The van der Waals surface area contributed by atoms with E-state index < -0.39 is 0 Å². The van der Waals surface area contributed by atoms with Gasteiger partial charge in [-0.05, 0) is 13.1 Å². The minimum absolute atomic E-state index is 0.281. The molecule has 0 aromatic heterocycles. The highest BCUT2D eigenvalue weighted by Gasteiger charge is 1.99. The number of rotatable bonds is 3. The van der Waals surface area contributed by atoms with Gasteiger partial charge in [-0.3, -0.25) is 4.79 Å². The molecule has 0 fully saturated rings. The zero-order valence-corrected chi connectivity index (χ0v) is 5.68. The monoisotopic (exact) mass is 125 g/mol. The summed E-state index contributed by atoms with van der Waals surface area (Å²) in [6.45, 7) is 8.62. The van der Waals surface area contributed by atoms with Gasteiger partial charge in [0.05, 0.1) is 0 Å². The number of hydrogen-bond acceptors (Lipinski definition) is 1. The molecule has 9 heavy (non-hydrogen) atoms. The van der Waals surface area contributed by atoms with Crippen molar-refractivity contribution in [2.24, 2.45) is 4.99 Å². The molecule has 0 aromatic rings. The van der Waals surface area contributed by atoms with Crippen LogP contribution in [0.3, 0.4) is 0 Å². The van der Waals surface area contributed by atoms with Gasteiger partial charge < -0.3 is 0 Å². The Hall–Kier alpha value is -0.920. The van der Waals surface area contributed by atoms with Gasteiger partial charge >= 0.3 is 0 Å². The van der Waals surface area contributed by atoms with E-state index in [1.54, 1.807) is 0 Å². The lowest BCUT2D eigenvalue weighted by atomic mass is 10.2. The van der Waals surface area contributed by atoms with Crippen LogP contribution < -0.4 is 0 Å². The summed E-state index contributed by atoms with van der Waals surface area (Å²) in [6, 6.07) is 0. The Labute approximate surface area is 55.3 Å². The molecule has 2 heteroatoms. The summed E-state index contributed by atoms with van der Waals surface area (Å²) < 4.78 is 0. The van der Waals surface area contributed by atoms with Crippen molar-refractivity contribution in [3.8, 4) is 0 Å². The second-order valence-corrected chi connectivity index (χ2v) is 1.82. The first-order chi connectivity index (χ1) is 4.22. The number of carbonyl (C=O) groups is 1. The van der Waals surface area contributed by atoms with Gasteiger partial charge in [-0.2, -0.15) is 0 Å². The Balaban J connectivity index is 3.73. The molecular formula is C7H11NO. The third-order valence-corrected chi connectivity index (χ3v) is 0.998. The van der Waals surface area contributed by atoms with Crippen LogP contribution in [0, 0.1) is 0 Å². The summed E-state index contributed by atoms with van der Waals surface area (Å²) in [5, 5.41) is 0. The van der Waals surface area contributed by atoms with Gasteiger partial charge in [-0.15, -0.1) is 0 Å². The summed E-state index contributed by atoms with van der Waals surface area (Å²) in [7, 11) is 0. The average Bonchev–Trinajstić information content (AvgIpc) is 1.87. The van der Waals surface area contributed by atoms with Crippen LogP contribution in [0.25, 0.3) is 0 Å². The summed E-state index contributed by atoms with van der Waals surface area (Å²) >= 11 is 0. The molecule has 0 bridgehead atoms. The van der Waals surface area contributed by atoms with Crippen molar-refractivity contribution in [2.45, 2.75) is 19.8 Å². The number of carbonyl (C=O) groups excluding carboxylic acids is 1. The van der Waals surface area contributed by atoms with E-state index in [-0.39, 0.29) is 5.91 Å². The Morgan fingerprint density at radius 1 is 1.67 bits per heavy atom. The van der Waals surface area contributed by atoms with Crippen molar-refractivity contribution in [1.82, 2.24) is 0 Å². The lowest BCUT2D eigenvalue weighted by Crippen LogP contribution is -1.95. The zero-order chi connectivity index (χ0) is 7.28. The number of amides is 1. The van der Waals surface area contributed by atoms with Crippen LogP contribution in [0.5, 0.6) is 0 Å². The molecule has 50 valence electrons. The Bertz CT molecular complexity index is 138. The summed E-state index contributed by atoms with van der Waals surface area (Å²) in [5.41, 5.74) is 0.549. The number of nitrogens with zero attached hydrogens (tertiary/aromatic N) is 1. The molecule has 0 saturated heterocycles. The number of hydrogen-bond donors (Lipinski definition) is 0. The normalized spacial score (nSPS) is 8.56. The summed E-state index contributed by atoms with van der Waals surface area (Å²) in [6.07, 6.45) is 1.65. The second-order valence-electron chi connectivity index (χ2n) is 1.82. The molecule has 0 rings (SSSR count). The van der Waals surface area contributed by atoms with Gasteiger partial charge in [0.25, 0.3) is 5.91 Å². The van der Waals surface area contributed by atoms with Gasteiger partial charge in [-0.1, -0.05) is 19.9 Å². The molecule has 0 unspecified atom stereocenters. The first-order valence-electron chi connectivity index (χ1n) is 2.91. The van der Waals surface area contributed by atoms with Crippen molar-refractivity contribution in [3.63, 3.8) is 0 Å². The van der Waals surface area contributed by atoms with E-state index >= 15 is 0 Å². The van der Waals surface area contributed by atoms with Crippen molar-refractivity contribution >= 4 is 12.6 Å².